The van der Waals surface area contributed by atoms with Crippen molar-refractivity contribution >= 4 is 21.9 Å². The van der Waals surface area contributed by atoms with Crippen LogP contribution in [0.1, 0.15) is 25.0 Å². The molecular weight excluding hydrogens is 562 g/mol. The van der Waals surface area contributed by atoms with Crippen LogP contribution in [0.5, 0.6) is 0 Å². The van der Waals surface area contributed by atoms with Crippen molar-refractivity contribution in [2.45, 2.75) is 19.3 Å². The molecule has 4 heteroatoms. The summed E-state index contributed by atoms with van der Waals surface area (Å²) in [5.41, 5.74) is 12.0. The molecule has 218 valence electrons. The number of hydrogen-bond acceptors (Lipinski definition) is 4. The Kier molecular flexibility index (Phi) is 5.81. The molecule has 0 spiro atoms. The van der Waals surface area contributed by atoms with Crippen LogP contribution in [-0.4, -0.2) is 15.0 Å². The van der Waals surface area contributed by atoms with Crippen molar-refractivity contribution in [2.24, 2.45) is 0 Å². The van der Waals surface area contributed by atoms with Crippen molar-refractivity contribution in [1.82, 2.24) is 15.0 Å². The van der Waals surface area contributed by atoms with Gasteiger partial charge in [0.15, 0.2) is 17.5 Å². The average molecular weight is 592 g/mol. The van der Waals surface area contributed by atoms with E-state index >= 15 is 0 Å². The van der Waals surface area contributed by atoms with Gasteiger partial charge in [-0.25, -0.2) is 15.0 Å². The molecule has 6 aromatic carbocycles. The van der Waals surface area contributed by atoms with Crippen LogP contribution in [0.15, 0.2) is 144 Å². The lowest BCUT2D eigenvalue weighted by Crippen LogP contribution is -2.14. The summed E-state index contributed by atoms with van der Waals surface area (Å²) in [5.74, 6) is 1.83. The van der Waals surface area contributed by atoms with Crippen LogP contribution >= 0.6 is 0 Å². The summed E-state index contributed by atoms with van der Waals surface area (Å²) in [4.78, 5) is 14.8. The van der Waals surface area contributed by atoms with Gasteiger partial charge in [-0.3, -0.25) is 0 Å². The van der Waals surface area contributed by atoms with E-state index in [4.69, 9.17) is 19.4 Å². The van der Waals surface area contributed by atoms with E-state index in [1.54, 1.807) is 0 Å². The van der Waals surface area contributed by atoms with E-state index in [0.717, 1.165) is 44.2 Å². The number of para-hydroxylation sites is 1. The Morgan fingerprint density at radius 1 is 0.457 bits per heavy atom. The molecule has 46 heavy (non-hydrogen) atoms. The highest BCUT2D eigenvalue weighted by Crippen LogP contribution is 2.52. The van der Waals surface area contributed by atoms with Crippen LogP contribution in [0.25, 0.3) is 78.4 Å². The van der Waals surface area contributed by atoms with Gasteiger partial charge < -0.3 is 4.42 Å². The van der Waals surface area contributed by atoms with Gasteiger partial charge in [0, 0.05) is 27.3 Å². The highest BCUT2D eigenvalue weighted by atomic mass is 16.3. The Bertz CT molecular complexity index is 2380. The van der Waals surface area contributed by atoms with Crippen molar-refractivity contribution < 1.29 is 4.42 Å². The molecule has 0 amide bonds. The van der Waals surface area contributed by atoms with Crippen LogP contribution < -0.4 is 0 Å². The Labute approximate surface area is 267 Å². The van der Waals surface area contributed by atoms with Crippen molar-refractivity contribution in [3.05, 3.63) is 151 Å². The molecule has 0 saturated carbocycles. The number of aromatic nitrogens is 3. The van der Waals surface area contributed by atoms with Crippen LogP contribution in [0.2, 0.25) is 0 Å². The third-order valence-electron chi connectivity index (χ3n) is 9.36. The SMILES string of the molecule is CC1(C)c2ccccc2-c2c(-c3ccc4c(c3)oc3c(-c5nc(-c6ccccc6)nc(-c6ccccc6)n5)cccc34)cccc21. The number of nitrogens with zero attached hydrogens (tertiary/aromatic N) is 3. The number of rotatable bonds is 4. The van der Waals surface area contributed by atoms with Gasteiger partial charge in [0.1, 0.15) is 11.2 Å². The number of hydrogen-bond donors (Lipinski definition) is 0. The fraction of sp³-hybridized carbons (Fsp3) is 0.0714. The van der Waals surface area contributed by atoms with Gasteiger partial charge in [-0.1, -0.05) is 135 Å². The first-order valence-corrected chi connectivity index (χ1v) is 15.6. The smallest absolute Gasteiger partial charge is 0.167 e. The van der Waals surface area contributed by atoms with Crippen molar-refractivity contribution in [3.8, 4) is 56.4 Å². The molecule has 1 aliphatic rings. The Morgan fingerprint density at radius 3 is 1.78 bits per heavy atom. The molecule has 4 nitrogen and oxygen atoms in total. The maximum atomic E-state index is 6.72. The normalized spacial score (nSPS) is 13.2. The molecule has 1 aliphatic carbocycles. The minimum atomic E-state index is -0.0535. The van der Waals surface area contributed by atoms with Gasteiger partial charge in [-0.2, -0.15) is 0 Å². The zero-order chi connectivity index (χ0) is 30.8. The van der Waals surface area contributed by atoms with Crippen LogP contribution in [0, 0.1) is 0 Å². The Hall–Kier alpha value is -5.87. The maximum Gasteiger partial charge on any atom is 0.167 e. The quantitative estimate of drug-likeness (QED) is 0.204. The minimum absolute atomic E-state index is 0.0535. The summed E-state index contributed by atoms with van der Waals surface area (Å²) in [6.07, 6.45) is 0. The fourth-order valence-electron chi connectivity index (χ4n) is 7.07. The molecule has 2 heterocycles. The topological polar surface area (TPSA) is 51.8 Å². The van der Waals surface area contributed by atoms with E-state index in [-0.39, 0.29) is 5.41 Å². The zero-order valence-corrected chi connectivity index (χ0v) is 25.5. The molecular formula is C42H29N3O. The zero-order valence-electron chi connectivity index (χ0n) is 25.5. The van der Waals surface area contributed by atoms with E-state index in [1.807, 2.05) is 66.7 Å². The summed E-state index contributed by atoms with van der Waals surface area (Å²) < 4.78 is 6.72. The average Bonchev–Trinajstić information content (AvgIpc) is 3.60. The van der Waals surface area contributed by atoms with Gasteiger partial charge in [-0.15, -0.1) is 0 Å². The predicted octanol–water partition coefficient (Wildman–Crippen LogP) is 10.7. The molecule has 8 aromatic rings. The third-order valence-corrected chi connectivity index (χ3v) is 9.36. The first-order valence-electron chi connectivity index (χ1n) is 15.6. The van der Waals surface area contributed by atoms with Crippen LogP contribution in [0.3, 0.4) is 0 Å². The van der Waals surface area contributed by atoms with E-state index in [2.05, 4.69) is 86.6 Å². The maximum absolute atomic E-state index is 6.72. The third kappa shape index (κ3) is 4.04. The van der Waals surface area contributed by atoms with Gasteiger partial charge in [0.05, 0.1) is 5.56 Å². The first-order chi connectivity index (χ1) is 22.6. The summed E-state index contributed by atoms with van der Waals surface area (Å²) in [6, 6.07) is 48.3. The molecule has 0 N–H and O–H groups in total. The summed E-state index contributed by atoms with van der Waals surface area (Å²) >= 11 is 0. The monoisotopic (exact) mass is 591 g/mol. The molecule has 0 unspecified atom stereocenters. The Balaban J connectivity index is 1.22. The van der Waals surface area contributed by atoms with E-state index in [9.17, 15) is 0 Å². The molecule has 0 atom stereocenters. The molecule has 0 bridgehead atoms. The second-order valence-corrected chi connectivity index (χ2v) is 12.4. The van der Waals surface area contributed by atoms with E-state index < -0.39 is 0 Å². The van der Waals surface area contributed by atoms with Gasteiger partial charge in [-0.05, 0) is 51.6 Å². The second-order valence-electron chi connectivity index (χ2n) is 12.4. The predicted molar refractivity (Wildman–Crippen MR) is 186 cm³/mol. The molecule has 0 fully saturated rings. The standard InChI is InChI=1S/C42H29N3O/c1-42(2)34-21-10-9-17-32(34)37-29(18-12-22-35(37)42)28-23-24-30-31-19-11-20-33(38(31)46-36(30)25-28)41-44-39(26-13-5-3-6-14-26)43-40(45-41)27-15-7-4-8-16-27/h3-25H,1-2H3. The Morgan fingerprint density at radius 2 is 1.04 bits per heavy atom. The largest absolute Gasteiger partial charge is 0.455 e. The molecule has 0 radical (unpaired) electrons. The number of furan rings is 1. The highest BCUT2D eigenvalue weighted by molar-refractivity contribution is 6.10. The summed E-state index contributed by atoms with van der Waals surface area (Å²) in [7, 11) is 0. The summed E-state index contributed by atoms with van der Waals surface area (Å²) in [5, 5.41) is 2.10. The molecule has 2 aromatic heterocycles. The molecule has 9 rings (SSSR count). The van der Waals surface area contributed by atoms with E-state index in [0.29, 0.717) is 17.5 Å². The lowest BCUT2D eigenvalue weighted by molar-refractivity contribution is 0.660. The fourth-order valence-corrected chi connectivity index (χ4v) is 7.07. The van der Waals surface area contributed by atoms with Crippen LogP contribution in [0.4, 0.5) is 0 Å². The summed E-state index contributed by atoms with van der Waals surface area (Å²) in [6.45, 7) is 4.64. The first kappa shape index (κ1) is 26.5. The lowest BCUT2D eigenvalue weighted by atomic mass is 9.82. The molecule has 0 saturated heterocycles. The van der Waals surface area contributed by atoms with Crippen molar-refractivity contribution in [2.75, 3.05) is 0 Å². The van der Waals surface area contributed by atoms with Gasteiger partial charge in [0.2, 0.25) is 0 Å². The van der Waals surface area contributed by atoms with Crippen LogP contribution in [-0.2, 0) is 5.41 Å². The van der Waals surface area contributed by atoms with Gasteiger partial charge in [0.25, 0.3) is 0 Å². The second kappa shape index (κ2) is 10.1. The number of benzene rings is 6. The highest BCUT2D eigenvalue weighted by Gasteiger charge is 2.36. The van der Waals surface area contributed by atoms with Crippen molar-refractivity contribution in [3.63, 3.8) is 0 Å². The van der Waals surface area contributed by atoms with E-state index in [1.165, 1.54) is 27.8 Å². The minimum Gasteiger partial charge on any atom is -0.455 e. The molecule has 0 aliphatic heterocycles. The van der Waals surface area contributed by atoms with Crippen molar-refractivity contribution in [1.29, 1.82) is 0 Å². The number of fused-ring (bicyclic) bond motifs is 6. The lowest BCUT2D eigenvalue weighted by Gasteiger charge is -2.21. The van der Waals surface area contributed by atoms with Gasteiger partial charge >= 0.3 is 0 Å².